The number of nitrogens with zero attached hydrogens (tertiary/aromatic N) is 1. The molecule has 0 heterocycles. The second kappa shape index (κ2) is 7.88. The van der Waals surface area contributed by atoms with Crippen LogP contribution in [0.15, 0.2) is 23.2 Å². The summed E-state index contributed by atoms with van der Waals surface area (Å²) in [4.78, 5) is 4.30. The molecule has 0 saturated heterocycles. The molecule has 1 aromatic rings. The SMILES string of the molecule is CSC(C)CN=C(N)NC(C)c1ccc(Cl)cc1Cl. The average Bonchev–Trinajstić information content (AvgIpc) is 2.35. The highest BCUT2D eigenvalue weighted by atomic mass is 35.5. The van der Waals surface area contributed by atoms with E-state index in [2.05, 4.69) is 23.5 Å². The van der Waals surface area contributed by atoms with Crippen molar-refractivity contribution in [2.45, 2.75) is 25.1 Å². The van der Waals surface area contributed by atoms with Gasteiger partial charge in [0, 0.05) is 15.3 Å². The molecule has 0 aliphatic heterocycles. The predicted molar refractivity (Wildman–Crippen MR) is 87.5 cm³/mol. The second-order valence-electron chi connectivity index (χ2n) is 4.30. The van der Waals surface area contributed by atoms with E-state index in [1.165, 1.54) is 0 Å². The highest BCUT2D eigenvalue weighted by Crippen LogP contribution is 2.25. The van der Waals surface area contributed by atoms with Crippen LogP contribution in [0, 0.1) is 0 Å². The molecule has 1 aromatic carbocycles. The molecule has 0 aliphatic rings. The van der Waals surface area contributed by atoms with Gasteiger partial charge >= 0.3 is 0 Å². The van der Waals surface area contributed by atoms with Gasteiger partial charge in [0.05, 0.1) is 12.6 Å². The highest BCUT2D eigenvalue weighted by Gasteiger charge is 2.10. The average molecular weight is 320 g/mol. The number of rotatable bonds is 5. The molecule has 2 atom stereocenters. The van der Waals surface area contributed by atoms with Gasteiger partial charge < -0.3 is 11.1 Å². The minimum Gasteiger partial charge on any atom is -0.370 e. The first-order chi connectivity index (χ1) is 8.93. The lowest BCUT2D eigenvalue weighted by Crippen LogP contribution is -2.34. The van der Waals surface area contributed by atoms with Gasteiger partial charge in [-0.15, -0.1) is 0 Å². The van der Waals surface area contributed by atoms with Crippen molar-refractivity contribution in [3.05, 3.63) is 33.8 Å². The maximum Gasteiger partial charge on any atom is 0.189 e. The standard InChI is InChI=1S/C13H19Cl2N3S/c1-8(19-3)7-17-13(16)18-9(2)11-5-4-10(14)6-12(11)15/h4-6,8-9H,7H2,1-3H3,(H3,16,17,18). The Morgan fingerprint density at radius 2 is 2.11 bits per heavy atom. The molecule has 0 saturated carbocycles. The Bertz CT molecular complexity index is 452. The summed E-state index contributed by atoms with van der Waals surface area (Å²) >= 11 is 13.8. The van der Waals surface area contributed by atoms with Crippen molar-refractivity contribution in [2.75, 3.05) is 12.8 Å². The minimum atomic E-state index is -0.0156. The molecule has 0 aromatic heterocycles. The van der Waals surface area contributed by atoms with Crippen molar-refractivity contribution in [3.8, 4) is 0 Å². The fourth-order valence-corrected chi connectivity index (χ4v) is 2.30. The quantitative estimate of drug-likeness (QED) is 0.642. The zero-order chi connectivity index (χ0) is 14.4. The molecule has 2 unspecified atom stereocenters. The summed E-state index contributed by atoms with van der Waals surface area (Å²) in [6.07, 6.45) is 2.06. The highest BCUT2D eigenvalue weighted by molar-refractivity contribution is 7.99. The number of guanidine groups is 1. The first kappa shape index (κ1) is 16.5. The Balaban J connectivity index is 2.66. The second-order valence-corrected chi connectivity index (χ2v) is 6.42. The number of hydrogen-bond donors (Lipinski definition) is 2. The fraction of sp³-hybridized carbons (Fsp3) is 0.462. The van der Waals surface area contributed by atoms with Crippen LogP contribution in [0.1, 0.15) is 25.5 Å². The van der Waals surface area contributed by atoms with Gasteiger partial charge in [-0.1, -0.05) is 36.2 Å². The van der Waals surface area contributed by atoms with Crippen LogP contribution >= 0.6 is 35.0 Å². The van der Waals surface area contributed by atoms with E-state index < -0.39 is 0 Å². The summed E-state index contributed by atoms with van der Waals surface area (Å²) in [6, 6.07) is 5.40. The van der Waals surface area contributed by atoms with Crippen molar-refractivity contribution < 1.29 is 0 Å². The van der Waals surface area contributed by atoms with Crippen LogP contribution in [-0.2, 0) is 0 Å². The molecule has 0 bridgehead atoms. The van der Waals surface area contributed by atoms with E-state index in [0.717, 1.165) is 5.56 Å². The maximum atomic E-state index is 6.15. The summed E-state index contributed by atoms with van der Waals surface area (Å²) in [5, 5.41) is 4.82. The summed E-state index contributed by atoms with van der Waals surface area (Å²) < 4.78 is 0. The molecule has 0 spiro atoms. The van der Waals surface area contributed by atoms with Crippen LogP contribution in [0.4, 0.5) is 0 Å². The van der Waals surface area contributed by atoms with E-state index in [-0.39, 0.29) is 6.04 Å². The zero-order valence-corrected chi connectivity index (χ0v) is 13.6. The number of thioether (sulfide) groups is 1. The van der Waals surface area contributed by atoms with Crippen molar-refractivity contribution >= 4 is 40.9 Å². The summed E-state index contributed by atoms with van der Waals surface area (Å²) in [6.45, 7) is 4.79. The molecular formula is C13H19Cl2N3S. The van der Waals surface area contributed by atoms with Gasteiger partial charge in [0.1, 0.15) is 0 Å². The zero-order valence-electron chi connectivity index (χ0n) is 11.3. The Morgan fingerprint density at radius 3 is 2.68 bits per heavy atom. The van der Waals surface area contributed by atoms with Gasteiger partial charge in [-0.2, -0.15) is 11.8 Å². The monoisotopic (exact) mass is 319 g/mol. The summed E-state index contributed by atoms with van der Waals surface area (Å²) in [7, 11) is 0. The Hall–Kier alpha value is -0.580. The Morgan fingerprint density at radius 1 is 1.42 bits per heavy atom. The van der Waals surface area contributed by atoms with Gasteiger partial charge in [0.2, 0.25) is 0 Å². The molecule has 1 rings (SSSR count). The number of nitrogens with one attached hydrogen (secondary N) is 1. The van der Waals surface area contributed by atoms with Crippen molar-refractivity contribution in [1.29, 1.82) is 0 Å². The molecule has 19 heavy (non-hydrogen) atoms. The topological polar surface area (TPSA) is 50.4 Å². The number of halogens is 2. The fourth-order valence-electron chi connectivity index (χ4n) is 1.50. The molecule has 106 valence electrons. The third-order valence-electron chi connectivity index (χ3n) is 2.71. The first-order valence-electron chi connectivity index (χ1n) is 5.98. The van der Waals surface area contributed by atoms with Crippen molar-refractivity contribution in [3.63, 3.8) is 0 Å². The van der Waals surface area contributed by atoms with Gasteiger partial charge in [0.15, 0.2) is 5.96 Å². The number of aliphatic imine (C=N–C) groups is 1. The molecule has 0 radical (unpaired) electrons. The molecule has 0 aliphatic carbocycles. The Labute approximate surface area is 129 Å². The Kier molecular flexibility index (Phi) is 6.83. The van der Waals surface area contributed by atoms with Gasteiger partial charge in [0.25, 0.3) is 0 Å². The molecule has 0 fully saturated rings. The summed E-state index contributed by atoms with van der Waals surface area (Å²) in [5.41, 5.74) is 6.80. The molecule has 0 amide bonds. The smallest absolute Gasteiger partial charge is 0.189 e. The van der Waals surface area contributed by atoms with E-state index in [1.54, 1.807) is 17.8 Å². The molecular weight excluding hydrogens is 301 g/mol. The van der Waals surface area contributed by atoms with E-state index >= 15 is 0 Å². The maximum absolute atomic E-state index is 6.15. The van der Waals surface area contributed by atoms with Gasteiger partial charge in [-0.25, -0.2) is 0 Å². The number of hydrogen-bond acceptors (Lipinski definition) is 2. The van der Waals surface area contributed by atoms with Crippen LogP contribution < -0.4 is 11.1 Å². The van der Waals surface area contributed by atoms with E-state index in [4.69, 9.17) is 28.9 Å². The number of nitrogens with two attached hydrogens (primary N) is 1. The molecule has 3 N–H and O–H groups in total. The van der Waals surface area contributed by atoms with Crippen molar-refractivity contribution in [2.24, 2.45) is 10.7 Å². The lowest BCUT2D eigenvalue weighted by atomic mass is 10.1. The third kappa shape index (κ3) is 5.51. The van der Waals surface area contributed by atoms with Crippen molar-refractivity contribution in [1.82, 2.24) is 5.32 Å². The van der Waals surface area contributed by atoms with Crippen LogP contribution in [-0.4, -0.2) is 24.0 Å². The minimum absolute atomic E-state index is 0.0156. The normalized spacial score (nSPS) is 15.1. The first-order valence-corrected chi connectivity index (χ1v) is 8.02. The van der Waals surface area contributed by atoms with Gasteiger partial charge in [-0.3, -0.25) is 4.99 Å². The predicted octanol–water partition coefficient (Wildman–Crippen LogP) is 3.71. The lowest BCUT2D eigenvalue weighted by molar-refractivity contribution is 0.707. The van der Waals surface area contributed by atoms with Crippen LogP contribution in [0.5, 0.6) is 0 Å². The third-order valence-corrected chi connectivity index (χ3v) is 4.23. The lowest BCUT2D eigenvalue weighted by Gasteiger charge is -2.17. The van der Waals surface area contributed by atoms with E-state index in [1.807, 2.05) is 19.1 Å². The van der Waals surface area contributed by atoms with E-state index in [9.17, 15) is 0 Å². The van der Waals surface area contributed by atoms with Crippen LogP contribution in [0.25, 0.3) is 0 Å². The van der Waals surface area contributed by atoms with E-state index in [0.29, 0.717) is 27.8 Å². The summed E-state index contributed by atoms with van der Waals surface area (Å²) in [5.74, 6) is 0.430. The molecule has 3 nitrogen and oxygen atoms in total. The largest absolute Gasteiger partial charge is 0.370 e. The molecule has 6 heteroatoms. The van der Waals surface area contributed by atoms with Gasteiger partial charge in [-0.05, 0) is 30.9 Å². The van der Waals surface area contributed by atoms with Crippen LogP contribution in [0.3, 0.4) is 0 Å². The van der Waals surface area contributed by atoms with Crippen LogP contribution in [0.2, 0.25) is 10.0 Å². The number of benzene rings is 1.